The maximum Gasteiger partial charge on any atom is -0.0236 e. The Morgan fingerprint density at radius 1 is 1.44 bits per heavy atom. The zero-order valence-electron chi connectivity index (χ0n) is 6.43. The van der Waals surface area contributed by atoms with Gasteiger partial charge in [-0.15, -0.1) is 6.58 Å². The van der Waals surface area contributed by atoms with E-state index in [2.05, 4.69) is 26.5 Å². The molecule has 1 aliphatic carbocycles. The summed E-state index contributed by atoms with van der Waals surface area (Å²) in [5.74, 6) is 2.62. The van der Waals surface area contributed by atoms with Crippen LogP contribution in [0.25, 0.3) is 0 Å². The fraction of sp³-hybridized carbons (Fsp3) is 0.778. The van der Waals surface area contributed by atoms with Crippen molar-refractivity contribution < 1.29 is 0 Å². The molecule has 0 aromatic carbocycles. The second kappa shape index (κ2) is 2.55. The third-order valence-electron chi connectivity index (χ3n) is 2.57. The van der Waals surface area contributed by atoms with Gasteiger partial charge in [-0.2, -0.15) is 0 Å². The maximum atomic E-state index is 3.79. The third-order valence-corrected chi connectivity index (χ3v) is 2.57. The molecule has 0 aromatic rings. The summed E-state index contributed by atoms with van der Waals surface area (Å²) in [5.41, 5.74) is 0. The van der Waals surface area contributed by atoms with Crippen LogP contribution in [0.5, 0.6) is 0 Å². The third kappa shape index (κ3) is 1.57. The number of hydrogen-bond acceptors (Lipinski definition) is 0. The summed E-state index contributed by atoms with van der Waals surface area (Å²) in [7, 11) is 0. The van der Waals surface area contributed by atoms with Crippen LogP contribution in [0.15, 0.2) is 12.7 Å². The molecule has 0 bridgehead atoms. The van der Waals surface area contributed by atoms with Crippen molar-refractivity contribution in [3.05, 3.63) is 12.7 Å². The average Bonchev–Trinajstić information content (AvgIpc) is 2.66. The molecule has 9 heavy (non-hydrogen) atoms. The predicted molar refractivity (Wildman–Crippen MR) is 41.2 cm³/mol. The highest BCUT2D eigenvalue weighted by Gasteiger charge is 2.29. The molecule has 1 fully saturated rings. The summed E-state index contributed by atoms with van der Waals surface area (Å²) in [6.07, 6.45) is 4.99. The summed E-state index contributed by atoms with van der Waals surface area (Å²) >= 11 is 0. The normalized spacial score (nSPS) is 25.1. The van der Waals surface area contributed by atoms with Crippen LogP contribution in [0.1, 0.15) is 26.7 Å². The minimum atomic E-state index is 0.720. The minimum Gasteiger partial charge on any atom is -0.103 e. The van der Waals surface area contributed by atoms with Gasteiger partial charge >= 0.3 is 0 Å². The quantitative estimate of drug-likeness (QED) is 0.507. The smallest absolute Gasteiger partial charge is 0.0236 e. The van der Waals surface area contributed by atoms with Crippen LogP contribution in [0, 0.1) is 17.8 Å². The van der Waals surface area contributed by atoms with Crippen molar-refractivity contribution in [1.82, 2.24) is 0 Å². The predicted octanol–water partition coefficient (Wildman–Crippen LogP) is 2.85. The summed E-state index contributed by atoms with van der Waals surface area (Å²) in [4.78, 5) is 0. The molecule has 52 valence electrons. The fourth-order valence-electron chi connectivity index (χ4n) is 1.27. The molecule has 0 aromatic heterocycles. The van der Waals surface area contributed by atoms with Crippen LogP contribution < -0.4 is 0 Å². The van der Waals surface area contributed by atoms with Crippen LogP contribution in [-0.2, 0) is 0 Å². The van der Waals surface area contributed by atoms with Crippen molar-refractivity contribution in [3.63, 3.8) is 0 Å². The Morgan fingerprint density at radius 2 is 2.00 bits per heavy atom. The van der Waals surface area contributed by atoms with Crippen molar-refractivity contribution >= 4 is 0 Å². The molecule has 1 rings (SSSR count). The van der Waals surface area contributed by atoms with E-state index in [1.54, 1.807) is 0 Å². The molecule has 0 radical (unpaired) electrons. The molecule has 0 amide bonds. The zero-order valence-corrected chi connectivity index (χ0v) is 6.43. The lowest BCUT2D eigenvalue weighted by molar-refractivity contribution is 0.407. The molecule has 2 unspecified atom stereocenters. The molecule has 0 aliphatic heterocycles. The van der Waals surface area contributed by atoms with Crippen molar-refractivity contribution in [2.75, 3.05) is 0 Å². The highest BCUT2D eigenvalue weighted by Crippen LogP contribution is 2.40. The van der Waals surface area contributed by atoms with E-state index in [9.17, 15) is 0 Å². The average molecular weight is 124 g/mol. The van der Waals surface area contributed by atoms with E-state index in [-0.39, 0.29) is 0 Å². The topological polar surface area (TPSA) is 0 Å². The van der Waals surface area contributed by atoms with Gasteiger partial charge in [-0.05, 0) is 30.6 Å². The molecule has 0 spiro atoms. The van der Waals surface area contributed by atoms with Gasteiger partial charge in [-0.3, -0.25) is 0 Å². The first-order valence-corrected chi connectivity index (χ1v) is 3.88. The lowest BCUT2D eigenvalue weighted by Gasteiger charge is -2.14. The maximum absolute atomic E-state index is 3.79. The first-order valence-electron chi connectivity index (χ1n) is 3.88. The Balaban J connectivity index is 2.30. The monoisotopic (exact) mass is 124 g/mol. The van der Waals surface area contributed by atoms with Crippen molar-refractivity contribution in [1.29, 1.82) is 0 Å². The molecular weight excluding hydrogens is 108 g/mol. The van der Waals surface area contributed by atoms with Crippen molar-refractivity contribution in [3.8, 4) is 0 Å². The lowest BCUT2D eigenvalue weighted by Crippen LogP contribution is -2.06. The number of rotatable bonds is 3. The van der Waals surface area contributed by atoms with E-state index in [1.807, 2.05) is 0 Å². The van der Waals surface area contributed by atoms with Gasteiger partial charge in [0.25, 0.3) is 0 Å². The molecule has 0 heterocycles. The van der Waals surface area contributed by atoms with Gasteiger partial charge in [0, 0.05) is 0 Å². The zero-order chi connectivity index (χ0) is 6.85. The van der Waals surface area contributed by atoms with E-state index in [0.29, 0.717) is 0 Å². The van der Waals surface area contributed by atoms with E-state index in [4.69, 9.17) is 0 Å². The molecular formula is C9H16. The van der Waals surface area contributed by atoms with Gasteiger partial charge in [0.05, 0.1) is 0 Å². The van der Waals surface area contributed by atoms with Crippen LogP contribution in [0.2, 0.25) is 0 Å². The van der Waals surface area contributed by atoms with Crippen molar-refractivity contribution in [2.45, 2.75) is 26.7 Å². The second-order valence-electron chi connectivity index (χ2n) is 3.29. The van der Waals surface area contributed by atoms with Gasteiger partial charge < -0.3 is 0 Å². The van der Waals surface area contributed by atoms with Crippen LogP contribution in [0.3, 0.4) is 0 Å². The Kier molecular flexibility index (Phi) is 1.94. The van der Waals surface area contributed by atoms with Crippen LogP contribution in [0.4, 0.5) is 0 Å². The van der Waals surface area contributed by atoms with Gasteiger partial charge in [-0.1, -0.05) is 19.9 Å². The molecule has 1 aliphatic rings. The summed E-state index contributed by atoms with van der Waals surface area (Å²) < 4.78 is 0. The lowest BCUT2D eigenvalue weighted by atomic mass is 9.92. The van der Waals surface area contributed by atoms with Gasteiger partial charge in [0.1, 0.15) is 0 Å². The Hall–Kier alpha value is -0.260. The van der Waals surface area contributed by atoms with Gasteiger partial charge in [-0.25, -0.2) is 0 Å². The highest BCUT2D eigenvalue weighted by atomic mass is 14.3. The number of allylic oxidation sites excluding steroid dienone is 1. The summed E-state index contributed by atoms with van der Waals surface area (Å²) in [6.45, 7) is 8.39. The van der Waals surface area contributed by atoms with E-state index in [1.165, 1.54) is 12.8 Å². The Morgan fingerprint density at radius 3 is 2.33 bits per heavy atom. The summed E-state index contributed by atoms with van der Waals surface area (Å²) in [6, 6.07) is 0. The van der Waals surface area contributed by atoms with E-state index < -0.39 is 0 Å². The summed E-state index contributed by atoms with van der Waals surface area (Å²) in [5, 5.41) is 0. The second-order valence-corrected chi connectivity index (χ2v) is 3.29. The van der Waals surface area contributed by atoms with Gasteiger partial charge in [0.15, 0.2) is 0 Å². The standard InChI is InChI=1S/C9H16/c1-4-7(2)8(3)9-5-6-9/h4,7-9H,1,5-6H2,2-3H3. The SMILES string of the molecule is C=CC(C)C(C)C1CC1. The Bertz CT molecular complexity index is 101. The van der Waals surface area contributed by atoms with E-state index >= 15 is 0 Å². The fourth-order valence-corrected chi connectivity index (χ4v) is 1.27. The molecule has 0 N–H and O–H groups in total. The van der Waals surface area contributed by atoms with E-state index in [0.717, 1.165) is 17.8 Å². The first-order chi connectivity index (χ1) is 4.25. The van der Waals surface area contributed by atoms with Crippen LogP contribution >= 0.6 is 0 Å². The number of hydrogen-bond donors (Lipinski definition) is 0. The highest BCUT2D eigenvalue weighted by molar-refractivity contribution is 4.88. The molecule has 0 heteroatoms. The van der Waals surface area contributed by atoms with Gasteiger partial charge in [0.2, 0.25) is 0 Å². The Labute approximate surface area is 58.0 Å². The molecule has 0 saturated heterocycles. The molecule has 2 atom stereocenters. The minimum absolute atomic E-state index is 0.720. The van der Waals surface area contributed by atoms with Crippen molar-refractivity contribution in [2.24, 2.45) is 17.8 Å². The largest absolute Gasteiger partial charge is 0.103 e. The van der Waals surface area contributed by atoms with Crippen LogP contribution in [-0.4, -0.2) is 0 Å². The molecule has 0 nitrogen and oxygen atoms in total. The molecule has 1 saturated carbocycles. The first kappa shape index (κ1) is 6.85.